The maximum absolute atomic E-state index is 12.9. The molecule has 0 radical (unpaired) electrons. The lowest BCUT2D eigenvalue weighted by Crippen LogP contribution is -2.36. The number of nitrogens with zero attached hydrogens (tertiary/aromatic N) is 3. The number of pyridine rings is 3. The highest BCUT2D eigenvalue weighted by Gasteiger charge is 2.18. The number of nitrogen functional groups attached to an aromatic ring is 1. The van der Waals surface area contributed by atoms with Crippen LogP contribution in [0, 0.1) is 13.8 Å². The van der Waals surface area contributed by atoms with Crippen LogP contribution in [0.2, 0.25) is 0 Å². The van der Waals surface area contributed by atoms with E-state index in [-0.39, 0.29) is 30.0 Å². The Morgan fingerprint density at radius 1 is 1.23 bits per heavy atom. The van der Waals surface area contributed by atoms with Crippen molar-refractivity contribution in [2.24, 2.45) is 0 Å². The van der Waals surface area contributed by atoms with E-state index in [1.54, 1.807) is 63.6 Å². The fourth-order valence-corrected chi connectivity index (χ4v) is 3.11. The first-order chi connectivity index (χ1) is 14.3. The molecule has 0 aliphatic heterocycles. The van der Waals surface area contributed by atoms with Crippen LogP contribution >= 0.6 is 0 Å². The molecule has 3 aromatic heterocycles. The molecule has 3 aromatic rings. The van der Waals surface area contributed by atoms with E-state index in [0.717, 1.165) is 0 Å². The minimum Gasteiger partial charge on any atom is -0.384 e. The number of carbonyl (C=O) groups excluding carboxylic acids is 1. The van der Waals surface area contributed by atoms with Crippen molar-refractivity contribution in [3.8, 4) is 0 Å². The number of aromatic amines is 1. The van der Waals surface area contributed by atoms with Crippen LogP contribution in [0.25, 0.3) is 0 Å². The quantitative estimate of drug-likeness (QED) is 0.560. The Balaban J connectivity index is 1.81. The van der Waals surface area contributed by atoms with Crippen LogP contribution < -0.4 is 27.2 Å². The second-order valence-corrected chi connectivity index (χ2v) is 6.98. The molecule has 3 heterocycles. The van der Waals surface area contributed by atoms with Crippen LogP contribution in [0.1, 0.15) is 22.4 Å². The Hall–Kier alpha value is -3.88. The van der Waals surface area contributed by atoms with Gasteiger partial charge >= 0.3 is 0 Å². The predicted octanol–water partition coefficient (Wildman–Crippen LogP) is 1.08. The minimum absolute atomic E-state index is 0.0700. The number of likely N-dealkylation sites (N-methyl/N-ethyl adjacent to an activating group) is 1. The molecule has 4 N–H and O–H groups in total. The van der Waals surface area contributed by atoms with E-state index in [2.05, 4.69) is 15.4 Å². The molecule has 0 saturated heterocycles. The summed E-state index contributed by atoms with van der Waals surface area (Å²) in [6, 6.07) is 8.49. The number of amides is 1. The Morgan fingerprint density at radius 3 is 2.70 bits per heavy atom. The molecule has 0 unspecified atom stereocenters. The van der Waals surface area contributed by atoms with E-state index >= 15 is 0 Å². The summed E-state index contributed by atoms with van der Waals surface area (Å²) in [5.41, 5.74) is 10.9. The van der Waals surface area contributed by atoms with E-state index in [4.69, 9.17) is 5.73 Å². The zero-order chi connectivity index (χ0) is 21.8. The molecule has 0 saturated carbocycles. The largest absolute Gasteiger partial charge is 0.384 e. The van der Waals surface area contributed by atoms with Crippen molar-refractivity contribution >= 4 is 17.4 Å². The number of anilines is 2. The van der Waals surface area contributed by atoms with E-state index in [1.807, 2.05) is 0 Å². The average Bonchev–Trinajstić information content (AvgIpc) is 2.71. The van der Waals surface area contributed by atoms with Crippen LogP contribution in [0.3, 0.4) is 0 Å². The SMILES string of the molecule is Cc1ccn(NCc2ccc[nH]c2=O)c(=O)c1CC(=O)N(C)c1ccc(N)nc1C. The van der Waals surface area contributed by atoms with Crippen molar-refractivity contribution in [2.75, 3.05) is 23.1 Å². The zero-order valence-electron chi connectivity index (χ0n) is 17.1. The van der Waals surface area contributed by atoms with Gasteiger partial charge in [-0.25, -0.2) is 9.66 Å². The Labute approximate surface area is 173 Å². The van der Waals surface area contributed by atoms with Crippen LogP contribution in [0.15, 0.2) is 52.3 Å². The number of aromatic nitrogens is 3. The summed E-state index contributed by atoms with van der Waals surface area (Å²) >= 11 is 0. The van der Waals surface area contributed by atoms with Crippen LogP contribution in [-0.2, 0) is 17.8 Å². The third-order valence-electron chi connectivity index (χ3n) is 4.91. The van der Waals surface area contributed by atoms with Gasteiger partial charge in [0.25, 0.3) is 11.1 Å². The molecule has 3 rings (SSSR count). The van der Waals surface area contributed by atoms with E-state index in [0.29, 0.717) is 33.9 Å². The lowest BCUT2D eigenvalue weighted by Gasteiger charge is -2.20. The standard InChI is InChI=1S/C21H24N6O3/c1-13-8-10-27(24-12-15-5-4-9-23-20(15)29)21(30)16(13)11-19(28)26(3)17-6-7-18(22)25-14(17)2/h4-10,24H,11-12H2,1-3H3,(H2,22,25)(H,23,29). The summed E-state index contributed by atoms with van der Waals surface area (Å²) < 4.78 is 1.29. The molecule has 0 spiro atoms. The zero-order valence-corrected chi connectivity index (χ0v) is 17.1. The Morgan fingerprint density at radius 2 is 2.00 bits per heavy atom. The van der Waals surface area contributed by atoms with Crippen molar-refractivity contribution in [1.29, 1.82) is 0 Å². The highest BCUT2D eigenvalue weighted by atomic mass is 16.2. The molecule has 0 atom stereocenters. The highest BCUT2D eigenvalue weighted by molar-refractivity contribution is 5.94. The number of rotatable bonds is 6. The summed E-state index contributed by atoms with van der Waals surface area (Å²) in [5.74, 6) is 0.129. The van der Waals surface area contributed by atoms with E-state index < -0.39 is 0 Å². The topological polar surface area (TPSA) is 126 Å². The third-order valence-corrected chi connectivity index (χ3v) is 4.91. The van der Waals surface area contributed by atoms with Crippen LogP contribution in [-0.4, -0.2) is 27.6 Å². The van der Waals surface area contributed by atoms with Gasteiger partial charge in [-0.15, -0.1) is 0 Å². The smallest absolute Gasteiger partial charge is 0.272 e. The first-order valence-corrected chi connectivity index (χ1v) is 9.39. The fourth-order valence-electron chi connectivity index (χ4n) is 3.11. The Bertz CT molecular complexity index is 1200. The number of hydrogen-bond acceptors (Lipinski definition) is 6. The Kier molecular flexibility index (Phi) is 6.01. The molecule has 1 amide bonds. The van der Waals surface area contributed by atoms with Crippen molar-refractivity contribution in [2.45, 2.75) is 26.8 Å². The summed E-state index contributed by atoms with van der Waals surface area (Å²) in [7, 11) is 1.64. The molecule has 0 bridgehead atoms. The maximum atomic E-state index is 12.9. The lowest BCUT2D eigenvalue weighted by atomic mass is 10.1. The number of H-pyrrole nitrogens is 1. The second kappa shape index (κ2) is 8.64. The molecule has 30 heavy (non-hydrogen) atoms. The van der Waals surface area contributed by atoms with Gasteiger partial charge in [-0.1, -0.05) is 6.07 Å². The van der Waals surface area contributed by atoms with Crippen molar-refractivity contribution < 1.29 is 4.79 Å². The molecular weight excluding hydrogens is 384 g/mol. The highest BCUT2D eigenvalue weighted by Crippen LogP contribution is 2.19. The van der Waals surface area contributed by atoms with Gasteiger partial charge < -0.3 is 21.0 Å². The van der Waals surface area contributed by atoms with Gasteiger partial charge in [-0.2, -0.15) is 0 Å². The average molecular weight is 408 g/mol. The number of nitrogens with two attached hydrogens (primary N) is 1. The number of hydrogen-bond donors (Lipinski definition) is 3. The van der Waals surface area contributed by atoms with Crippen LogP contribution in [0.4, 0.5) is 11.5 Å². The lowest BCUT2D eigenvalue weighted by molar-refractivity contribution is -0.117. The molecule has 9 heteroatoms. The van der Waals surface area contributed by atoms with Gasteiger partial charge in [0.05, 0.1) is 24.3 Å². The molecule has 0 aliphatic rings. The fraction of sp³-hybridized carbons (Fsp3) is 0.238. The molecule has 156 valence electrons. The molecule has 0 fully saturated rings. The summed E-state index contributed by atoms with van der Waals surface area (Å²) in [5, 5.41) is 0. The number of aryl methyl sites for hydroxylation is 2. The second-order valence-electron chi connectivity index (χ2n) is 6.98. The van der Waals surface area contributed by atoms with Crippen molar-refractivity contribution in [3.63, 3.8) is 0 Å². The van der Waals surface area contributed by atoms with Gasteiger partial charge in [0.2, 0.25) is 5.91 Å². The first kappa shape index (κ1) is 20.8. The van der Waals surface area contributed by atoms with Gasteiger partial charge in [-0.3, -0.25) is 14.4 Å². The molecule has 0 aliphatic carbocycles. The predicted molar refractivity (Wildman–Crippen MR) is 116 cm³/mol. The van der Waals surface area contributed by atoms with Crippen LogP contribution in [0.5, 0.6) is 0 Å². The third kappa shape index (κ3) is 4.40. The first-order valence-electron chi connectivity index (χ1n) is 9.39. The molecular formula is C21H24N6O3. The molecule has 9 nitrogen and oxygen atoms in total. The minimum atomic E-state index is -0.337. The molecule has 0 aromatic carbocycles. The summed E-state index contributed by atoms with van der Waals surface area (Å²) in [4.78, 5) is 45.8. The normalized spacial score (nSPS) is 10.6. The maximum Gasteiger partial charge on any atom is 0.272 e. The van der Waals surface area contributed by atoms with Gasteiger partial charge in [0, 0.05) is 30.6 Å². The van der Waals surface area contributed by atoms with Gasteiger partial charge in [0.15, 0.2) is 0 Å². The number of carbonyl (C=O) groups is 1. The summed E-state index contributed by atoms with van der Waals surface area (Å²) in [6.07, 6.45) is 3.06. The van der Waals surface area contributed by atoms with E-state index in [9.17, 15) is 14.4 Å². The summed E-state index contributed by atoms with van der Waals surface area (Å²) in [6.45, 7) is 3.72. The van der Waals surface area contributed by atoms with Crippen molar-refractivity contribution in [1.82, 2.24) is 14.6 Å². The van der Waals surface area contributed by atoms with E-state index in [1.165, 1.54) is 9.58 Å². The van der Waals surface area contributed by atoms with Crippen molar-refractivity contribution in [3.05, 3.63) is 85.8 Å². The monoisotopic (exact) mass is 408 g/mol. The van der Waals surface area contributed by atoms with Gasteiger partial charge in [-0.05, 0) is 43.7 Å². The van der Waals surface area contributed by atoms with Gasteiger partial charge in [0.1, 0.15) is 5.82 Å². The number of nitrogens with one attached hydrogen (secondary N) is 2.